The van der Waals surface area contributed by atoms with Crippen LogP contribution in [0.1, 0.15) is 23.4 Å². The molecule has 0 saturated carbocycles. The lowest BCUT2D eigenvalue weighted by Crippen LogP contribution is -1.97. The fourth-order valence-corrected chi connectivity index (χ4v) is 0.843. The highest BCUT2D eigenvalue weighted by Crippen LogP contribution is 2.18. The molecular formula is C8H5F3N2. The summed E-state index contributed by atoms with van der Waals surface area (Å²) >= 11 is 0. The number of halogens is 3. The third kappa shape index (κ3) is 1.96. The lowest BCUT2D eigenvalue weighted by atomic mass is 10.2. The predicted octanol–water partition coefficient (Wildman–Crippen LogP) is 2.36. The van der Waals surface area contributed by atoms with Crippen molar-refractivity contribution in [2.45, 2.75) is 13.1 Å². The maximum absolute atomic E-state index is 12.2. The number of nitriles is 1. The molecular weight excluding hydrogens is 181 g/mol. The second-order valence-electron chi connectivity index (χ2n) is 2.28. The van der Waals surface area contributed by atoms with E-state index in [9.17, 15) is 13.2 Å². The van der Waals surface area contributed by atoms with E-state index in [2.05, 4.69) is 4.98 Å². The Morgan fingerprint density at radius 1 is 1.46 bits per heavy atom. The number of hydrogen-bond acceptors (Lipinski definition) is 2. The molecule has 0 fully saturated rings. The van der Waals surface area contributed by atoms with E-state index >= 15 is 0 Å². The van der Waals surface area contributed by atoms with Crippen LogP contribution >= 0.6 is 0 Å². The molecule has 0 spiro atoms. The molecule has 0 unspecified atom stereocenters. The first-order valence-corrected chi connectivity index (χ1v) is 3.43. The van der Waals surface area contributed by atoms with Gasteiger partial charge in [0.05, 0.1) is 11.3 Å². The molecule has 1 heterocycles. The molecule has 0 amide bonds. The summed E-state index contributed by atoms with van der Waals surface area (Å²) in [5.74, 6) is 0. The third-order valence-corrected chi connectivity index (χ3v) is 1.47. The zero-order valence-corrected chi connectivity index (χ0v) is 6.47. The third-order valence-electron chi connectivity index (χ3n) is 1.47. The van der Waals surface area contributed by atoms with E-state index in [0.29, 0.717) is 0 Å². The number of pyridine rings is 1. The van der Waals surface area contributed by atoms with Crippen LogP contribution in [0.4, 0.5) is 13.2 Å². The van der Waals surface area contributed by atoms with Gasteiger partial charge in [-0.1, -0.05) is 0 Å². The number of aromatic nitrogens is 1. The number of hydrogen-bond donors (Lipinski definition) is 0. The largest absolute Gasteiger partial charge is 0.280 e. The van der Waals surface area contributed by atoms with Gasteiger partial charge in [-0.3, -0.25) is 0 Å². The van der Waals surface area contributed by atoms with Crippen LogP contribution in [-0.4, -0.2) is 4.98 Å². The molecule has 68 valence electrons. The summed E-state index contributed by atoms with van der Waals surface area (Å²) in [6.07, 6.45) is -2.74. The molecule has 1 aromatic heterocycles. The number of nitrogens with zero attached hydrogens (tertiary/aromatic N) is 2. The molecule has 5 heteroatoms. The molecule has 0 saturated heterocycles. The fraction of sp³-hybridized carbons (Fsp3) is 0.250. The average Bonchev–Trinajstić information content (AvgIpc) is 2.16. The van der Waals surface area contributed by atoms with Crippen LogP contribution in [0.2, 0.25) is 0 Å². The van der Waals surface area contributed by atoms with Gasteiger partial charge in [-0.15, -0.1) is 0 Å². The standard InChI is InChI=1S/C8H5F3N2/c9-3-7-5(4-12)1-2-6(13-7)8(10)11/h1-2,8H,3H2. The lowest BCUT2D eigenvalue weighted by molar-refractivity contribution is 0.145. The van der Waals surface area contributed by atoms with Crippen LogP contribution in [0.15, 0.2) is 12.1 Å². The zero-order chi connectivity index (χ0) is 9.84. The van der Waals surface area contributed by atoms with Crippen molar-refractivity contribution in [3.8, 4) is 6.07 Å². The van der Waals surface area contributed by atoms with E-state index in [1.807, 2.05) is 0 Å². The summed E-state index contributed by atoms with van der Waals surface area (Å²) < 4.78 is 36.3. The van der Waals surface area contributed by atoms with Crippen LogP contribution in [0.3, 0.4) is 0 Å². The Hall–Kier alpha value is -1.57. The van der Waals surface area contributed by atoms with Gasteiger partial charge in [-0.05, 0) is 12.1 Å². The normalized spacial score (nSPS) is 10.1. The Balaban J connectivity index is 3.15. The molecule has 2 nitrogen and oxygen atoms in total. The Morgan fingerprint density at radius 3 is 2.62 bits per heavy atom. The second-order valence-corrected chi connectivity index (χ2v) is 2.28. The van der Waals surface area contributed by atoms with Crippen molar-refractivity contribution in [1.29, 1.82) is 5.26 Å². The Labute approximate surface area is 72.6 Å². The van der Waals surface area contributed by atoms with E-state index in [1.165, 1.54) is 0 Å². The minimum atomic E-state index is -2.74. The van der Waals surface area contributed by atoms with E-state index in [-0.39, 0.29) is 11.3 Å². The van der Waals surface area contributed by atoms with Gasteiger partial charge >= 0.3 is 0 Å². The number of alkyl halides is 3. The first-order chi connectivity index (χ1) is 6.19. The van der Waals surface area contributed by atoms with Gasteiger partial charge in [0.25, 0.3) is 6.43 Å². The highest BCUT2D eigenvalue weighted by molar-refractivity contribution is 5.34. The van der Waals surface area contributed by atoms with Gasteiger partial charge in [-0.2, -0.15) is 5.26 Å². The molecule has 0 aliphatic rings. The van der Waals surface area contributed by atoms with Crippen molar-refractivity contribution < 1.29 is 13.2 Å². The first-order valence-electron chi connectivity index (χ1n) is 3.43. The Bertz CT molecular complexity index is 344. The highest BCUT2D eigenvalue weighted by Gasteiger charge is 2.11. The van der Waals surface area contributed by atoms with Gasteiger partial charge in [0.1, 0.15) is 18.4 Å². The predicted molar refractivity (Wildman–Crippen MR) is 38.7 cm³/mol. The molecule has 1 rings (SSSR count). The number of rotatable bonds is 2. The SMILES string of the molecule is N#Cc1ccc(C(F)F)nc1CF. The Morgan fingerprint density at radius 2 is 2.15 bits per heavy atom. The van der Waals surface area contributed by atoms with Gasteiger partial charge in [0.2, 0.25) is 0 Å². The molecule has 1 aromatic rings. The summed E-state index contributed by atoms with van der Waals surface area (Å²) in [6.45, 7) is -1.01. The van der Waals surface area contributed by atoms with Crippen LogP contribution < -0.4 is 0 Å². The monoisotopic (exact) mass is 186 g/mol. The highest BCUT2D eigenvalue weighted by atomic mass is 19.3. The van der Waals surface area contributed by atoms with Crippen molar-refractivity contribution in [2.75, 3.05) is 0 Å². The summed E-state index contributed by atoms with van der Waals surface area (Å²) in [4.78, 5) is 3.31. The van der Waals surface area contributed by atoms with Crippen LogP contribution in [0.5, 0.6) is 0 Å². The summed E-state index contributed by atoms with van der Waals surface area (Å²) in [7, 11) is 0. The van der Waals surface area contributed by atoms with Crippen LogP contribution in [0.25, 0.3) is 0 Å². The van der Waals surface area contributed by atoms with Gasteiger partial charge < -0.3 is 0 Å². The van der Waals surface area contributed by atoms with Crippen molar-refractivity contribution in [2.24, 2.45) is 0 Å². The van der Waals surface area contributed by atoms with Crippen molar-refractivity contribution >= 4 is 0 Å². The van der Waals surface area contributed by atoms with Gasteiger partial charge in [0.15, 0.2) is 0 Å². The summed E-state index contributed by atoms with van der Waals surface area (Å²) in [5, 5.41) is 8.43. The van der Waals surface area contributed by atoms with E-state index < -0.39 is 18.8 Å². The smallest absolute Gasteiger partial charge is 0.248 e. The van der Waals surface area contributed by atoms with Crippen LogP contribution in [0, 0.1) is 11.3 Å². The molecule has 0 aliphatic carbocycles. The molecule has 0 radical (unpaired) electrons. The molecule has 0 aromatic carbocycles. The van der Waals surface area contributed by atoms with E-state index in [4.69, 9.17) is 5.26 Å². The average molecular weight is 186 g/mol. The maximum Gasteiger partial charge on any atom is 0.280 e. The van der Waals surface area contributed by atoms with E-state index in [1.54, 1.807) is 6.07 Å². The fourth-order valence-electron chi connectivity index (χ4n) is 0.843. The van der Waals surface area contributed by atoms with Crippen molar-refractivity contribution in [1.82, 2.24) is 4.98 Å². The van der Waals surface area contributed by atoms with Crippen molar-refractivity contribution in [3.63, 3.8) is 0 Å². The van der Waals surface area contributed by atoms with E-state index in [0.717, 1.165) is 12.1 Å². The lowest BCUT2D eigenvalue weighted by Gasteiger charge is -2.01. The molecule has 13 heavy (non-hydrogen) atoms. The zero-order valence-electron chi connectivity index (χ0n) is 6.47. The second kappa shape index (κ2) is 3.90. The molecule has 0 atom stereocenters. The topological polar surface area (TPSA) is 36.7 Å². The quantitative estimate of drug-likeness (QED) is 0.710. The summed E-state index contributed by atoms with van der Waals surface area (Å²) in [5.41, 5.74) is -0.751. The molecule has 0 aliphatic heterocycles. The first kappa shape index (κ1) is 9.52. The van der Waals surface area contributed by atoms with Gasteiger partial charge in [-0.25, -0.2) is 18.2 Å². The summed E-state index contributed by atoms with van der Waals surface area (Å²) in [6, 6.07) is 3.82. The van der Waals surface area contributed by atoms with Crippen LogP contribution in [-0.2, 0) is 6.67 Å². The molecule has 0 bridgehead atoms. The molecule has 0 N–H and O–H groups in total. The van der Waals surface area contributed by atoms with Gasteiger partial charge in [0, 0.05) is 0 Å². The van der Waals surface area contributed by atoms with Crippen molar-refractivity contribution in [3.05, 3.63) is 29.1 Å². The minimum absolute atomic E-state index is 0.00750. The maximum atomic E-state index is 12.2. The Kier molecular flexibility index (Phi) is 2.85. The minimum Gasteiger partial charge on any atom is -0.248 e.